The van der Waals surface area contributed by atoms with Crippen LogP contribution in [0.25, 0.3) is 16.7 Å². The van der Waals surface area contributed by atoms with E-state index >= 15 is 0 Å². The Morgan fingerprint density at radius 1 is 1.14 bits per heavy atom. The van der Waals surface area contributed by atoms with Crippen LogP contribution in [-0.2, 0) is 19.4 Å². The lowest BCUT2D eigenvalue weighted by molar-refractivity contribution is 0.764. The lowest BCUT2D eigenvalue weighted by Gasteiger charge is -2.16. The molecule has 5 rings (SSSR count). The highest BCUT2D eigenvalue weighted by Crippen LogP contribution is 2.25. The van der Waals surface area contributed by atoms with Crippen LogP contribution in [0.3, 0.4) is 0 Å². The molecule has 3 heterocycles. The normalized spacial score (nSPS) is 13.7. The highest BCUT2D eigenvalue weighted by molar-refractivity contribution is 5.80. The topological polar surface area (TPSA) is 51.9 Å². The molecule has 0 atom stereocenters. The summed E-state index contributed by atoms with van der Waals surface area (Å²) >= 11 is 0. The Kier molecular flexibility index (Phi) is 4.23. The van der Waals surface area contributed by atoms with Gasteiger partial charge in [0.1, 0.15) is 11.3 Å². The first-order chi connectivity index (χ1) is 14.1. The van der Waals surface area contributed by atoms with E-state index in [1.54, 1.807) is 0 Å². The van der Waals surface area contributed by atoms with Gasteiger partial charge >= 0.3 is 0 Å². The maximum absolute atomic E-state index is 13.3. The van der Waals surface area contributed by atoms with Crippen LogP contribution < -0.4 is 10.7 Å². The van der Waals surface area contributed by atoms with Gasteiger partial charge in [-0.3, -0.25) is 4.79 Å². The van der Waals surface area contributed by atoms with Gasteiger partial charge < -0.3 is 14.5 Å². The molecule has 29 heavy (non-hydrogen) atoms. The van der Waals surface area contributed by atoms with Gasteiger partial charge in [-0.15, -0.1) is 0 Å². The van der Waals surface area contributed by atoms with E-state index in [1.165, 1.54) is 11.1 Å². The number of pyridine rings is 2. The fraction of sp³-hybridized carbons (Fsp3) is 0.250. The number of aromatic nitrogens is 3. The summed E-state index contributed by atoms with van der Waals surface area (Å²) in [6, 6.07) is 14.8. The number of benzene rings is 1. The van der Waals surface area contributed by atoms with Crippen LogP contribution in [0.1, 0.15) is 23.7 Å². The first-order valence-corrected chi connectivity index (χ1v) is 10.1. The van der Waals surface area contributed by atoms with E-state index in [0.29, 0.717) is 17.1 Å². The van der Waals surface area contributed by atoms with Crippen molar-refractivity contribution in [2.45, 2.75) is 39.3 Å². The van der Waals surface area contributed by atoms with Crippen molar-refractivity contribution in [1.82, 2.24) is 14.1 Å². The highest BCUT2D eigenvalue weighted by Gasteiger charge is 2.21. The number of fused-ring (bicyclic) bond motifs is 2. The van der Waals surface area contributed by atoms with Crippen LogP contribution in [-0.4, -0.2) is 20.2 Å². The number of aryl methyl sites for hydroxylation is 2. The smallest absolute Gasteiger partial charge is 0.215 e. The van der Waals surface area contributed by atoms with E-state index in [9.17, 15) is 4.79 Å². The molecule has 1 aliphatic carbocycles. The van der Waals surface area contributed by atoms with Gasteiger partial charge in [0, 0.05) is 30.7 Å². The zero-order valence-electron chi connectivity index (χ0n) is 16.7. The molecule has 5 nitrogen and oxygen atoms in total. The largest absolute Gasteiger partial charge is 0.380 e. The molecule has 0 saturated heterocycles. The van der Waals surface area contributed by atoms with Gasteiger partial charge in [-0.2, -0.15) is 0 Å². The second kappa shape index (κ2) is 6.92. The van der Waals surface area contributed by atoms with Crippen LogP contribution in [0.15, 0.2) is 65.8 Å². The summed E-state index contributed by atoms with van der Waals surface area (Å²) in [5.41, 5.74) is 6.14. The minimum absolute atomic E-state index is 0.00913. The summed E-state index contributed by atoms with van der Waals surface area (Å²) in [5.74, 6) is 0. The molecule has 0 aliphatic heterocycles. The van der Waals surface area contributed by atoms with Crippen molar-refractivity contribution in [3.63, 3.8) is 0 Å². The Morgan fingerprint density at radius 3 is 2.55 bits per heavy atom. The number of rotatable bonds is 4. The minimum Gasteiger partial charge on any atom is -0.380 e. The Bertz CT molecular complexity index is 1240. The predicted molar refractivity (Wildman–Crippen MR) is 117 cm³/mol. The molecular weight excluding hydrogens is 360 g/mol. The SMILES string of the molecule is CCn1cc(-n2cccc2C)c(=O)c2cc(NC3Cc4ccccc4C3)cnc21. The second-order valence-electron chi connectivity index (χ2n) is 7.76. The Balaban J connectivity index is 1.55. The molecule has 1 N–H and O–H groups in total. The molecule has 146 valence electrons. The van der Waals surface area contributed by atoms with E-state index in [2.05, 4.69) is 41.5 Å². The van der Waals surface area contributed by atoms with Gasteiger partial charge in [-0.1, -0.05) is 24.3 Å². The van der Waals surface area contributed by atoms with Gasteiger partial charge in [0.15, 0.2) is 0 Å². The number of nitrogens with zero attached hydrogens (tertiary/aromatic N) is 3. The molecule has 1 aromatic carbocycles. The summed E-state index contributed by atoms with van der Waals surface area (Å²) < 4.78 is 3.99. The summed E-state index contributed by atoms with van der Waals surface area (Å²) in [6.45, 7) is 4.83. The van der Waals surface area contributed by atoms with E-state index in [4.69, 9.17) is 0 Å². The van der Waals surface area contributed by atoms with Crippen molar-refractivity contribution < 1.29 is 0 Å². The zero-order valence-corrected chi connectivity index (χ0v) is 16.7. The molecule has 4 aromatic rings. The van der Waals surface area contributed by atoms with Crippen molar-refractivity contribution >= 4 is 16.7 Å². The molecule has 1 aliphatic rings. The fourth-order valence-electron chi connectivity index (χ4n) is 4.38. The molecule has 5 heteroatoms. The maximum Gasteiger partial charge on any atom is 0.215 e. The fourth-order valence-corrected chi connectivity index (χ4v) is 4.38. The molecule has 0 radical (unpaired) electrons. The van der Waals surface area contributed by atoms with Crippen LogP contribution in [0.2, 0.25) is 0 Å². The average Bonchev–Trinajstić information content (AvgIpc) is 3.34. The average molecular weight is 384 g/mol. The molecule has 0 fully saturated rings. The molecule has 3 aromatic heterocycles. The van der Waals surface area contributed by atoms with Gasteiger partial charge in [0.05, 0.1) is 17.3 Å². The van der Waals surface area contributed by atoms with Crippen LogP contribution in [0, 0.1) is 6.92 Å². The molecule has 0 unspecified atom stereocenters. The van der Waals surface area contributed by atoms with E-state index in [-0.39, 0.29) is 5.43 Å². The van der Waals surface area contributed by atoms with Crippen molar-refractivity contribution in [3.05, 3.63) is 88.1 Å². The van der Waals surface area contributed by atoms with Crippen molar-refractivity contribution in [1.29, 1.82) is 0 Å². The summed E-state index contributed by atoms with van der Waals surface area (Å²) in [5, 5.41) is 4.24. The maximum atomic E-state index is 13.3. The summed E-state index contributed by atoms with van der Waals surface area (Å²) in [7, 11) is 0. The van der Waals surface area contributed by atoms with Crippen LogP contribution in [0.5, 0.6) is 0 Å². The van der Waals surface area contributed by atoms with Crippen LogP contribution >= 0.6 is 0 Å². The molecule has 0 amide bonds. The predicted octanol–water partition coefficient (Wildman–Crippen LogP) is 4.09. The standard InChI is InChI=1S/C24H24N4O/c1-3-27-15-22(28-10-6-7-16(28)2)23(29)21-13-20(14-25-24(21)27)26-19-11-17-8-4-5-9-18(17)12-19/h4-10,13-15,19,26H,3,11-12H2,1-2H3. The zero-order chi connectivity index (χ0) is 20.0. The number of hydrogen-bond acceptors (Lipinski definition) is 3. The molecule has 0 bridgehead atoms. The number of anilines is 1. The van der Waals surface area contributed by atoms with Crippen molar-refractivity contribution in [2.24, 2.45) is 0 Å². The lowest BCUT2D eigenvalue weighted by Crippen LogP contribution is -2.21. The number of nitrogens with one attached hydrogen (secondary N) is 1. The summed E-state index contributed by atoms with van der Waals surface area (Å²) in [6.07, 6.45) is 7.68. The van der Waals surface area contributed by atoms with Gasteiger partial charge in [0.25, 0.3) is 0 Å². The van der Waals surface area contributed by atoms with Crippen LogP contribution in [0.4, 0.5) is 5.69 Å². The van der Waals surface area contributed by atoms with Crippen molar-refractivity contribution in [3.8, 4) is 5.69 Å². The minimum atomic E-state index is 0.00913. The third-order valence-corrected chi connectivity index (χ3v) is 5.87. The number of hydrogen-bond donors (Lipinski definition) is 1. The van der Waals surface area contributed by atoms with E-state index < -0.39 is 0 Å². The third kappa shape index (κ3) is 3.03. The monoisotopic (exact) mass is 384 g/mol. The first kappa shape index (κ1) is 17.7. The quantitative estimate of drug-likeness (QED) is 0.576. The Morgan fingerprint density at radius 2 is 1.90 bits per heavy atom. The first-order valence-electron chi connectivity index (χ1n) is 10.1. The van der Waals surface area contributed by atoms with Gasteiger partial charge in [-0.05, 0) is 56.0 Å². The molecular formula is C24H24N4O. The van der Waals surface area contributed by atoms with Crippen molar-refractivity contribution in [2.75, 3.05) is 5.32 Å². The second-order valence-corrected chi connectivity index (χ2v) is 7.76. The third-order valence-electron chi connectivity index (χ3n) is 5.87. The van der Waals surface area contributed by atoms with E-state index in [0.717, 1.165) is 36.4 Å². The van der Waals surface area contributed by atoms with E-state index in [1.807, 2.05) is 52.8 Å². The highest BCUT2D eigenvalue weighted by atomic mass is 16.1. The Labute approximate surface area is 169 Å². The lowest BCUT2D eigenvalue weighted by atomic mass is 10.1. The van der Waals surface area contributed by atoms with Gasteiger partial charge in [0.2, 0.25) is 5.43 Å². The van der Waals surface area contributed by atoms with Gasteiger partial charge in [-0.25, -0.2) is 4.98 Å². The summed E-state index contributed by atoms with van der Waals surface area (Å²) in [4.78, 5) is 18.0. The molecule has 0 spiro atoms. The molecule has 0 saturated carbocycles. The Hall–Kier alpha value is -3.34.